The number of hydrogen-bond acceptors (Lipinski definition) is 12. The van der Waals surface area contributed by atoms with E-state index >= 15 is 0 Å². The monoisotopic (exact) mass is 854 g/mol. The molecule has 0 saturated carbocycles. The second-order valence-electron chi connectivity index (χ2n) is 17.0. The number of anilines is 3. The van der Waals surface area contributed by atoms with Crippen molar-refractivity contribution in [3.8, 4) is 11.6 Å². The lowest BCUT2D eigenvalue weighted by atomic mass is 9.98. The molecule has 2 saturated heterocycles. The topological polar surface area (TPSA) is 180 Å². The Morgan fingerprint density at radius 1 is 0.952 bits per heavy atom. The number of piperazine rings is 1. The molecule has 0 bridgehead atoms. The van der Waals surface area contributed by atoms with Gasteiger partial charge in [0, 0.05) is 62.3 Å². The zero-order chi connectivity index (χ0) is 43.7. The Hall–Kier alpha value is -6.39. The zero-order valence-electron chi connectivity index (χ0n) is 35.7. The minimum Gasteiger partial charge on any atom is -0.494 e. The standard InChI is InChI=1S/C47H54N10O6/c1-3-21-56-45(61)37-29-48-46(52-42(37)57(56)39-17-9-31-19-20-47(62,4-2)41(31)50-39)49-33-10-12-34(13-11-33)54-25-23-53(24-26-54)22-7-5-6-8-27-63-35-14-15-36-32(28-35)30-55(44(36)60)38-16-18-40(58)51-43(38)59/h3,9-15,17,28-29,38,62H,1,4-8,16,18-27,30H2,2H3,(H,48,49,52)(H,51,58,59)/t38?,47-/m1/s1. The molecule has 328 valence electrons. The van der Waals surface area contributed by atoms with E-state index in [9.17, 15) is 24.3 Å². The van der Waals surface area contributed by atoms with E-state index in [4.69, 9.17) is 14.7 Å². The molecule has 3 N–H and O–H groups in total. The van der Waals surface area contributed by atoms with Crippen molar-refractivity contribution < 1.29 is 24.2 Å². The highest BCUT2D eigenvalue weighted by Crippen LogP contribution is 2.38. The number of aromatic nitrogens is 5. The second kappa shape index (κ2) is 17.8. The number of nitrogens with zero attached hydrogens (tertiary/aromatic N) is 8. The molecule has 5 aromatic rings. The summed E-state index contributed by atoms with van der Waals surface area (Å²) in [7, 11) is 0. The summed E-state index contributed by atoms with van der Waals surface area (Å²) in [4.78, 5) is 71.1. The smallest absolute Gasteiger partial charge is 0.278 e. The van der Waals surface area contributed by atoms with E-state index in [-0.39, 0.29) is 30.3 Å². The molecule has 1 aliphatic carbocycles. The van der Waals surface area contributed by atoms with Crippen LogP contribution in [-0.2, 0) is 34.7 Å². The summed E-state index contributed by atoms with van der Waals surface area (Å²) in [6.45, 7) is 12.0. The van der Waals surface area contributed by atoms with Crippen molar-refractivity contribution in [2.24, 2.45) is 0 Å². The molecule has 16 heteroatoms. The summed E-state index contributed by atoms with van der Waals surface area (Å²) >= 11 is 0. The van der Waals surface area contributed by atoms with E-state index in [0.717, 1.165) is 93.1 Å². The van der Waals surface area contributed by atoms with Gasteiger partial charge in [-0.25, -0.2) is 19.3 Å². The first-order chi connectivity index (χ1) is 30.6. The lowest BCUT2D eigenvalue weighted by Crippen LogP contribution is -2.52. The number of ether oxygens (including phenoxy) is 1. The Labute approximate surface area is 365 Å². The molecule has 4 aliphatic rings. The molecular weight excluding hydrogens is 801 g/mol. The number of benzene rings is 2. The van der Waals surface area contributed by atoms with Crippen molar-refractivity contribution in [1.29, 1.82) is 0 Å². The first kappa shape index (κ1) is 41.9. The van der Waals surface area contributed by atoms with Gasteiger partial charge in [-0.15, -0.1) is 6.58 Å². The van der Waals surface area contributed by atoms with E-state index in [1.54, 1.807) is 32.6 Å². The van der Waals surface area contributed by atoms with Crippen LogP contribution in [0.1, 0.15) is 85.5 Å². The predicted octanol–water partition coefficient (Wildman–Crippen LogP) is 4.97. The van der Waals surface area contributed by atoms with Crippen LogP contribution < -0.4 is 25.8 Å². The number of carbonyl (C=O) groups is 3. The summed E-state index contributed by atoms with van der Waals surface area (Å²) in [6, 6.07) is 17.0. The number of rotatable bonds is 16. The summed E-state index contributed by atoms with van der Waals surface area (Å²) in [6.07, 6.45) is 10.0. The predicted molar refractivity (Wildman–Crippen MR) is 238 cm³/mol. The summed E-state index contributed by atoms with van der Waals surface area (Å²) in [5.41, 5.74) is 4.28. The third-order valence-electron chi connectivity index (χ3n) is 13.0. The Morgan fingerprint density at radius 2 is 1.76 bits per heavy atom. The Bertz CT molecular complexity index is 2620. The second-order valence-corrected chi connectivity index (χ2v) is 17.0. The fourth-order valence-electron chi connectivity index (χ4n) is 9.35. The first-order valence-electron chi connectivity index (χ1n) is 22.2. The third kappa shape index (κ3) is 8.44. The minimum absolute atomic E-state index is 0.179. The summed E-state index contributed by atoms with van der Waals surface area (Å²) in [5, 5.41) is 17.3. The van der Waals surface area contributed by atoms with Crippen LogP contribution >= 0.6 is 0 Å². The highest BCUT2D eigenvalue weighted by molar-refractivity contribution is 6.05. The SMILES string of the molecule is C=CCn1c(=O)c2cnc(Nc3ccc(N4CCN(CCCCCCOc5ccc6c(c5)CN(C5CCC(=O)NC5=O)C6=O)CC4)cc3)nc2n1-c1ccc2c(n1)[C@@](O)(CC)CC2. The fourth-order valence-corrected chi connectivity index (χ4v) is 9.35. The Kier molecular flexibility index (Phi) is 11.8. The largest absolute Gasteiger partial charge is 0.494 e. The van der Waals surface area contributed by atoms with Crippen LogP contribution in [0.15, 0.2) is 78.2 Å². The molecule has 0 spiro atoms. The van der Waals surface area contributed by atoms with Gasteiger partial charge >= 0.3 is 0 Å². The van der Waals surface area contributed by atoms with Crippen LogP contribution in [0, 0.1) is 0 Å². The number of nitrogens with one attached hydrogen (secondary N) is 2. The van der Waals surface area contributed by atoms with Crippen LogP contribution in [0.25, 0.3) is 16.9 Å². The van der Waals surface area contributed by atoms with Gasteiger partial charge in [-0.2, -0.15) is 4.98 Å². The van der Waals surface area contributed by atoms with E-state index in [1.165, 1.54) is 0 Å². The highest BCUT2D eigenvalue weighted by atomic mass is 16.5. The van der Waals surface area contributed by atoms with Gasteiger partial charge in [-0.05, 0) is 105 Å². The van der Waals surface area contributed by atoms with Crippen LogP contribution in [0.5, 0.6) is 5.75 Å². The van der Waals surface area contributed by atoms with Crippen LogP contribution in [-0.4, -0.2) is 102 Å². The number of hydrogen-bond donors (Lipinski definition) is 3. The van der Waals surface area contributed by atoms with E-state index in [0.29, 0.717) is 66.5 Å². The van der Waals surface area contributed by atoms with E-state index in [2.05, 4.69) is 44.1 Å². The Morgan fingerprint density at radius 3 is 2.54 bits per heavy atom. The number of aryl methyl sites for hydroxylation is 1. The molecule has 3 aliphatic heterocycles. The molecule has 6 heterocycles. The Balaban J connectivity index is 0.723. The molecule has 2 aromatic carbocycles. The van der Waals surface area contributed by atoms with Crippen molar-refractivity contribution in [3.63, 3.8) is 0 Å². The number of unbranched alkanes of at least 4 members (excludes halogenated alkanes) is 3. The first-order valence-corrected chi connectivity index (χ1v) is 22.2. The highest BCUT2D eigenvalue weighted by Gasteiger charge is 2.40. The third-order valence-corrected chi connectivity index (χ3v) is 13.0. The van der Waals surface area contributed by atoms with Gasteiger partial charge in [0.15, 0.2) is 11.5 Å². The number of allylic oxidation sites excluding steroid dienone is 1. The number of fused-ring (bicyclic) bond motifs is 3. The van der Waals surface area contributed by atoms with Crippen LogP contribution in [0.3, 0.4) is 0 Å². The van der Waals surface area contributed by atoms with Crippen molar-refractivity contribution in [2.75, 3.05) is 49.5 Å². The molecular formula is C47H54N10O6. The maximum absolute atomic E-state index is 13.5. The quantitative estimate of drug-likeness (QED) is 0.0691. The summed E-state index contributed by atoms with van der Waals surface area (Å²) in [5.74, 6) is 0.705. The fraction of sp³-hybridized carbons (Fsp3) is 0.426. The molecule has 2 fully saturated rings. The van der Waals surface area contributed by atoms with E-state index < -0.39 is 17.6 Å². The van der Waals surface area contributed by atoms with E-state index in [1.807, 2.05) is 43.3 Å². The van der Waals surface area contributed by atoms with Gasteiger partial charge in [0.05, 0.1) is 18.8 Å². The average molecular weight is 855 g/mol. The maximum Gasteiger partial charge on any atom is 0.278 e. The lowest BCUT2D eigenvalue weighted by Gasteiger charge is -2.36. The van der Waals surface area contributed by atoms with Crippen molar-refractivity contribution in [2.45, 2.75) is 89.4 Å². The minimum atomic E-state index is -0.994. The zero-order valence-corrected chi connectivity index (χ0v) is 35.7. The van der Waals surface area contributed by atoms with Gasteiger partial charge in [0.1, 0.15) is 22.8 Å². The average Bonchev–Trinajstić information content (AvgIpc) is 3.90. The normalized spacial score (nSPS) is 20.0. The van der Waals surface area contributed by atoms with Gasteiger partial charge in [0.2, 0.25) is 17.8 Å². The molecule has 2 atom stereocenters. The summed E-state index contributed by atoms with van der Waals surface area (Å²) < 4.78 is 9.28. The number of piperidine rings is 1. The molecule has 0 radical (unpaired) electrons. The number of pyridine rings is 1. The number of imide groups is 1. The van der Waals surface area contributed by atoms with Gasteiger partial charge in [0.25, 0.3) is 11.5 Å². The molecule has 16 nitrogen and oxygen atoms in total. The molecule has 1 unspecified atom stereocenters. The van der Waals surface area contributed by atoms with Crippen LogP contribution in [0.4, 0.5) is 17.3 Å². The molecule has 63 heavy (non-hydrogen) atoms. The van der Waals surface area contributed by atoms with Crippen molar-refractivity contribution in [3.05, 3.63) is 106 Å². The van der Waals surface area contributed by atoms with Gasteiger partial charge < -0.3 is 25.0 Å². The van der Waals surface area contributed by atoms with Crippen LogP contribution in [0.2, 0.25) is 0 Å². The molecule has 9 rings (SSSR count). The van der Waals surface area contributed by atoms with Crippen molar-refractivity contribution >= 4 is 46.1 Å². The molecule has 3 aromatic heterocycles. The molecule has 3 amide bonds. The number of carbonyl (C=O) groups excluding carboxylic acids is 3. The number of amides is 3. The maximum atomic E-state index is 13.5. The van der Waals surface area contributed by atoms with Crippen molar-refractivity contribution in [1.82, 2.24) is 39.4 Å². The number of aliphatic hydroxyl groups is 1. The van der Waals surface area contributed by atoms with Gasteiger partial charge in [-0.1, -0.05) is 31.9 Å². The lowest BCUT2D eigenvalue weighted by molar-refractivity contribution is -0.136. The van der Waals surface area contributed by atoms with Gasteiger partial charge in [-0.3, -0.25) is 29.4 Å².